The van der Waals surface area contributed by atoms with Crippen molar-refractivity contribution in [2.24, 2.45) is 0 Å². The molecule has 102 valence electrons. The van der Waals surface area contributed by atoms with Crippen LogP contribution in [0, 0.1) is 0 Å². The van der Waals surface area contributed by atoms with Gasteiger partial charge in [-0.05, 0) is 13.3 Å². The average Bonchev–Trinajstić information content (AvgIpc) is 2.28. The van der Waals surface area contributed by atoms with Crippen LogP contribution in [0.4, 0.5) is 0 Å². The van der Waals surface area contributed by atoms with Crippen molar-refractivity contribution in [1.29, 1.82) is 0 Å². The van der Waals surface area contributed by atoms with Crippen molar-refractivity contribution in [2.75, 3.05) is 13.2 Å². The van der Waals surface area contributed by atoms with Crippen LogP contribution < -0.4 is 10.6 Å². The second-order valence-corrected chi connectivity index (χ2v) is 4.07. The minimum absolute atomic E-state index is 0.102. The van der Waals surface area contributed by atoms with Crippen LogP contribution >= 0.6 is 0 Å². The third kappa shape index (κ3) is 4.80. The Balaban J connectivity index is 2.25. The van der Waals surface area contributed by atoms with E-state index in [4.69, 9.17) is 0 Å². The second kappa shape index (κ2) is 7.07. The number of amides is 2. The maximum atomic E-state index is 11.4. The lowest BCUT2D eigenvalue weighted by Gasteiger charge is -2.23. The van der Waals surface area contributed by atoms with Crippen LogP contribution in [0.1, 0.15) is 26.2 Å². The van der Waals surface area contributed by atoms with Crippen molar-refractivity contribution >= 4 is 17.8 Å². The molecule has 0 aromatic rings. The van der Waals surface area contributed by atoms with Crippen LogP contribution in [0.3, 0.4) is 0 Å². The predicted octanol–water partition coefficient (Wildman–Crippen LogP) is -1.30. The minimum atomic E-state index is -0.908. The number of nitrogens with one attached hydrogen (secondary N) is 2. The molecule has 2 atom stereocenters. The zero-order valence-corrected chi connectivity index (χ0v) is 10.3. The van der Waals surface area contributed by atoms with E-state index in [2.05, 4.69) is 15.4 Å². The highest BCUT2D eigenvalue weighted by Crippen LogP contribution is 2.04. The molecule has 2 unspecified atom stereocenters. The van der Waals surface area contributed by atoms with Gasteiger partial charge in [0.25, 0.3) is 0 Å². The summed E-state index contributed by atoms with van der Waals surface area (Å²) in [5.41, 5.74) is 0. The number of piperidine rings is 1. The lowest BCUT2D eigenvalue weighted by Crippen LogP contribution is -2.52. The zero-order valence-electron chi connectivity index (χ0n) is 10.3. The monoisotopic (exact) mass is 258 g/mol. The molecular weight excluding hydrogens is 240 g/mol. The maximum absolute atomic E-state index is 11.4. The molecule has 7 nitrogen and oxygen atoms in total. The van der Waals surface area contributed by atoms with Gasteiger partial charge in [0.05, 0.1) is 25.2 Å². The average molecular weight is 258 g/mol. The number of ether oxygens (including phenoxy) is 1. The number of aliphatic hydroxyl groups excluding tert-OH is 1. The van der Waals surface area contributed by atoms with E-state index in [1.54, 1.807) is 6.92 Å². The van der Waals surface area contributed by atoms with Crippen molar-refractivity contribution in [2.45, 2.75) is 38.3 Å². The van der Waals surface area contributed by atoms with Gasteiger partial charge in [-0.1, -0.05) is 0 Å². The Morgan fingerprint density at radius 3 is 2.94 bits per heavy atom. The number of aliphatic hydroxyl groups is 1. The fourth-order valence-electron chi connectivity index (χ4n) is 1.65. The smallest absolute Gasteiger partial charge is 0.308 e. The van der Waals surface area contributed by atoms with Gasteiger partial charge in [-0.3, -0.25) is 19.7 Å². The van der Waals surface area contributed by atoms with E-state index in [9.17, 15) is 19.5 Å². The van der Waals surface area contributed by atoms with Gasteiger partial charge >= 0.3 is 5.97 Å². The van der Waals surface area contributed by atoms with Gasteiger partial charge in [0.2, 0.25) is 11.8 Å². The highest BCUT2D eigenvalue weighted by atomic mass is 16.5. The molecule has 1 heterocycles. The molecule has 0 bridgehead atoms. The molecule has 1 saturated heterocycles. The Bertz CT molecular complexity index is 331. The van der Waals surface area contributed by atoms with Crippen LogP contribution in [0.15, 0.2) is 0 Å². The van der Waals surface area contributed by atoms with E-state index in [1.165, 1.54) is 0 Å². The van der Waals surface area contributed by atoms with Crippen LogP contribution in [0.2, 0.25) is 0 Å². The van der Waals surface area contributed by atoms with Gasteiger partial charge in [0, 0.05) is 13.0 Å². The summed E-state index contributed by atoms with van der Waals surface area (Å²) in [7, 11) is 0. The lowest BCUT2D eigenvalue weighted by molar-refractivity contribution is -0.145. The lowest BCUT2D eigenvalue weighted by atomic mass is 10.1. The summed E-state index contributed by atoms with van der Waals surface area (Å²) in [5, 5.41) is 14.6. The van der Waals surface area contributed by atoms with Crippen molar-refractivity contribution in [3.63, 3.8) is 0 Å². The summed E-state index contributed by atoms with van der Waals surface area (Å²) < 4.78 is 4.69. The first-order valence-electron chi connectivity index (χ1n) is 5.93. The maximum Gasteiger partial charge on any atom is 0.308 e. The van der Waals surface area contributed by atoms with Gasteiger partial charge in [0.15, 0.2) is 0 Å². The van der Waals surface area contributed by atoms with Gasteiger partial charge in [-0.15, -0.1) is 0 Å². The second-order valence-electron chi connectivity index (χ2n) is 4.07. The molecule has 3 N–H and O–H groups in total. The molecule has 1 aliphatic rings. The molecule has 0 radical (unpaired) electrons. The highest BCUT2D eigenvalue weighted by molar-refractivity contribution is 6.00. The molecule has 2 amide bonds. The molecule has 1 aliphatic heterocycles. The summed E-state index contributed by atoms with van der Waals surface area (Å²) in [6, 6.07) is -0.500. The van der Waals surface area contributed by atoms with Gasteiger partial charge in [-0.2, -0.15) is 0 Å². The molecule has 0 spiro atoms. The van der Waals surface area contributed by atoms with E-state index in [0.29, 0.717) is 6.42 Å². The van der Waals surface area contributed by atoms with E-state index in [-0.39, 0.29) is 31.9 Å². The molecule has 18 heavy (non-hydrogen) atoms. The summed E-state index contributed by atoms with van der Waals surface area (Å²) in [6.07, 6.45) is -0.350. The number of hydrogen-bond donors (Lipinski definition) is 3. The Hall–Kier alpha value is -1.47. The van der Waals surface area contributed by atoms with E-state index >= 15 is 0 Å². The molecule has 0 aliphatic carbocycles. The van der Waals surface area contributed by atoms with E-state index in [0.717, 1.165) is 0 Å². The van der Waals surface area contributed by atoms with Crippen molar-refractivity contribution in [1.82, 2.24) is 10.6 Å². The largest absolute Gasteiger partial charge is 0.466 e. The first-order valence-corrected chi connectivity index (χ1v) is 5.93. The van der Waals surface area contributed by atoms with Crippen LogP contribution in [-0.4, -0.2) is 48.2 Å². The zero-order chi connectivity index (χ0) is 13.5. The number of imide groups is 1. The Morgan fingerprint density at radius 1 is 1.61 bits per heavy atom. The normalized spacial score (nSPS) is 21.3. The summed E-state index contributed by atoms with van der Waals surface area (Å²) in [6.45, 7) is 2.06. The standard InChI is InChI=1S/C11H18N2O5/c1-2-18-10(16)5-7(14)6-12-8-3-4-9(15)13-11(8)17/h7-8,12,14H,2-6H2,1H3,(H,13,15,17). The van der Waals surface area contributed by atoms with Gasteiger partial charge < -0.3 is 15.2 Å². The number of esters is 1. The predicted molar refractivity (Wildman–Crippen MR) is 61.4 cm³/mol. The molecule has 1 rings (SSSR count). The first kappa shape index (κ1) is 14.6. The third-order valence-corrected chi connectivity index (χ3v) is 2.55. The Labute approximate surface area is 105 Å². The number of rotatable bonds is 6. The molecule has 1 fully saturated rings. The van der Waals surface area contributed by atoms with Gasteiger partial charge in [0.1, 0.15) is 0 Å². The molecule has 0 aromatic carbocycles. The van der Waals surface area contributed by atoms with E-state index in [1.807, 2.05) is 0 Å². The summed E-state index contributed by atoms with van der Waals surface area (Å²) >= 11 is 0. The van der Waals surface area contributed by atoms with Gasteiger partial charge in [-0.25, -0.2) is 0 Å². The summed E-state index contributed by atoms with van der Waals surface area (Å²) in [5.74, 6) is -1.16. The van der Waals surface area contributed by atoms with Crippen molar-refractivity contribution < 1.29 is 24.2 Å². The molecule has 7 heteroatoms. The first-order chi connectivity index (χ1) is 8.52. The number of carbonyl (C=O) groups excluding carboxylic acids is 3. The fourth-order valence-corrected chi connectivity index (χ4v) is 1.65. The van der Waals surface area contributed by atoms with E-state index < -0.39 is 24.0 Å². The number of hydrogen-bond acceptors (Lipinski definition) is 6. The minimum Gasteiger partial charge on any atom is -0.466 e. The highest BCUT2D eigenvalue weighted by Gasteiger charge is 2.26. The van der Waals surface area contributed by atoms with Crippen LogP contribution in [0.5, 0.6) is 0 Å². The van der Waals surface area contributed by atoms with Crippen LogP contribution in [-0.2, 0) is 19.1 Å². The SMILES string of the molecule is CCOC(=O)CC(O)CNC1CCC(=O)NC1=O. The number of carbonyl (C=O) groups is 3. The quantitative estimate of drug-likeness (QED) is 0.404. The molecule has 0 aromatic heterocycles. The summed E-state index contributed by atoms with van der Waals surface area (Å²) in [4.78, 5) is 33.4. The third-order valence-electron chi connectivity index (χ3n) is 2.55. The Kier molecular flexibility index (Phi) is 5.73. The van der Waals surface area contributed by atoms with Crippen LogP contribution in [0.25, 0.3) is 0 Å². The molecular formula is C11H18N2O5. The van der Waals surface area contributed by atoms with Crippen molar-refractivity contribution in [3.05, 3.63) is 0 Å². The topological polar surface area (TPSA) is 105 Å². The van der Waals surface area contributed by atoms with Crippen molar-refractivity contribution in [3.8, 4) is 0 Å². The molecule has 0 saturated carbocycles. The Morgan fingerprint density at radius 2 is 2.33 bits per heavy atom. The fraction of sp³-hybridized carbons (Fsp3) is 0.727.